The first-order valence-corrected chi connectivity index (χ1v) is 14.1. The van der Waals surface area contributed by atoms with Crippen molar-refractivity contribution < 1.29 is 45.8 Å². The van der Waals surface area contributed by atoms with Crippen LogP contribution in [0, 0.1) is 11.7 Å². The van der Waals surface area contributed by atoms with E-state index in [0.29, 0.717) is 16.3 Å². The molecule has 0 heterocycles. The molecule has 1 aliphatic rings. The van der Waals surface area contributed by atoms with Crippen LogP contribution in [0.15, 0.2) is 59.5 Å². The third-order valence-electron chi connectivity index (χ3n) is 6.55. The van der Waals surface area contributed by atoms with Crippen LogP contribution in [-0.4, -0.2) is 45.0 Å². The van der Waals surface area contributed by atoms with Gasteiger partial charge in [0.05, 0.1) is 5.56 Å². The highest BCUT2D eigenvalue weighted by atomic mass is 32.2. The molecule has 3 aromatic rings. The number of thioether (sulfide) groups is 2. The Balaban J connectivity index is 1.57. The SMILES string of the molecule is CC(C)(SCC1CC1(F)F)C(NC(=O)c1ccc2cc(F)ccc2c1OCc1ccc(SC(F)(F)F)cc1)C(=O)O. The summed E-state index contributed by atoms with van der Waals surface area (Å²) in [5.41, 5.74) is -4.02. The van der Waals surface area contributed by atoms with E-state index in [2.05, 4.69) is 5.32 Å². The molecule has 0 saturated heterocycles. The van der Waals surface area contributed by atoms with E-state index in [4.69, 9.17) is 4.74 Å². The van der Waals surface area contributed by atoms with Gasteiger partial charge < -0.3 is 15.2 Å². The van der Waals surface area contributed by atoms with Gasteiger partial charge in [-0.15, -0.1) is 0 Å². The van der Waals surface area contributed by atoms with Crippen molar-refractivity contribution in [1.82, 2.24) is 5.32 Å². The quantitative estimate of drug-likeness (QED) is 0.171. The van der Waals surface area contributed by atoms with Gasteiger partial charge >= 0.3 is 11.5 Å². The fraction of sp³-hybridized carbons (Fsp3) is 0.357. The van der Waals surface area contributed by atoms with E-state index in [-0.39, 0.29) is 46.8 Å². The smallest absolute Gasteiger partial charge is 0.446 e. The Hall–Kier alpha value is -3.06. The predicted molar refractivity (Wildman–Crippen MR) is 145 cm³/mol. The Morgan fingerprint density at radius 3 is 2.34 bits per heavy atom. The van der Waals surface area contributed by atoms with Crippen LogP contribution in [0.25, 0.3) is 10.8 Å². The number of rotatable bonds is 11. The molecule has 1 fully saturated rings. The van der Waals surface area contributed by atoms with Crippen molar-refractivity contribution in [3.63, 3.8) is 0 Å². The molecule has 0 bridgehead atoms. The van der Waals surface area contributed by atoms with Crippen LogP contribution in [-0.2, 0) is 11.4 Å². The van der Waals surface area contributed by atoms with E-state index in [1.807, 2.05) is 0 Å². The monoisotopic (exact) mass is 617 g/mol. The van der Waals surface area contributed by atoms with Gasteiger partial charge in [-0.05, 0) is 73.0 Å². The molecule has 220 valence electrons. The van der Waals surface area contributed by atoms with Crippen molar-refractivity contribution in [3.05, 3.63) is 71.5 Å². The maximum atomic E-state index is 13.9. The van der Waals surface area contributed by atoms with E-state index in [1.165, 1.54) is 48.5 Å². The number of alkyl halides is 5. The fourth-order valence-corrected chi connectivity index (χ4v) is 6.00. The average Bonchev–Trinajstić information content (AvgIpc) is 3.50. The molecular weight excluding hydrogens is 592 g/mol. The molecule has 1 saturated carbocycles. The zero-order valence-corrected chi connectivity index (χ0v) is 23.4. The number of halogens is 6. The molecule has 41 heavy (non-hydrogen) atoms. The van der Waals surface area contributed by atoms with Gasteiger partial charge in [0.1, 0.15) is 24.2 Å². The molecule has 1 amide bonds. The minimum Gasteiger partial charge on any atom is -0.487 e. The molecule has 4 rings (SSSR count). The number of carbonyl (C=O) groups excluding carboxylic acids is 1. The second-order valence-corrected chi connectivity index (χ2v) is 12.9. The average molecular weight is 618 g/mol. The summed E-state index contributed by atoms with van der Waals surface area (Å²) >= 11 is 0.760. The lowest BCUT2D eigenvalue weighted by Gasteiger charge is -2.31. The number of ether oxygens (including phenoxy) is 1. The standard InChI is InChI=1S/C28H25F6NO4S2/c1-26(2,40-14-17-12-27(17,30)31)23(25(37)38)35-24(36)21-9-5-16-11-18(29)6-10-20(16)22(21)39-13-15-3-7-19(8-4-15)41-28(32,33)34/h3-11,17,23H,12-14H2,1-2H3,(H,35,36)(H,37,38). The van der Waals surface area contributed by atoms with Crippen LogP contribution in [0.2, 0.25) is 0 Å². The normalized spacial score (nSPS) is 17.2. The molecular formula is C28H25F6NO4S2. The van der Waals surface area contributed by atoms with Gasteiger partial charge in [0.25, 0.3) is 11.8 Å². The summed E-state index contributed by atoms with van der Waals surface area (Å²) in [7, 11) is 0. The van der Waals surface area contributed by atoms with Crippen LogP contribution >= 0.6 is 23.5 Å². The number of aliphatic carboxylic acids is 1. The number of fused-ring (bicyclic) bond motifs is 1. The third kappa shape index (κ3) is 7.82. The van der Waals surface area contributed by atoms with Gasteiger partial charge in [-0.25, -0.2) is 18.0 Å². The number of carbonyl (C=O) groups is 2. The van der Waals surface area contributed by atoms with Crippen molar-refractivity contribution in [1.29, 1.82) is 0 Å². The molecule has 1 aliphatic carbocycles. The third-order valence-corrected chi connectivity index (χ3v) is 8.84. The summed E-state index contributed by atoms with van der Waals surface area (Å²) in [5.74, 6) is -6.29. The highest BCUT2D eigenvalue weighted by Crippen LogP contribution is 2.51. The first-order chi connectivity index (χ1) is 19.1. The largest absolute Gasteiger partial charge is 0.487 e. The van der Waals surface area contributed by atoms with Crippen molar-refractivity contribution in [2.75, 3.05) is 5.75 Å². The van der Waals surface area contributed by atoms with E-state index in [9.17, 15) is 41.0 Å². The number of amides is 1. The van der Waals surface area contributed by atoms with Crippen molar-refractivity contribution >= 4 is 46.2 Å². The minimum absolute atomic E-state index is 0.0148. The summed E-state index contributed by atoms with van der Waals surface area (Å²) in [5, 5.41) is 13.1. The lowest BCUT2D eigenvalue weighted by Crippen LogP contribution is -2.52. The molecule has 3 aromatic carbocycles. The van der Waals surface area contributed by atoms with Crippen LogP contribution in [0.4, 0.5) is 26.3 Å². The number of carboxylic acid groups (broad SMARTS) is 1. The topological polar surface area (TPSA) is 75.6 Å². The Bertz CT molecular complexity index is 1450. The van der Waals surface area contributed by atoms with Crippen molar-refractivity contribution in [3.8, 4) is 5.75 Å². The maximum Gasteiger partial charge on any atom is 0.446 e. The lowest BCUT2D eigenvalue weighted by molar-refractivity contribution is -0.139. The summed E-state index contributed by atoms with van der Waals surface area (Å²) in [4.78, 5) is 25.5. The first-order valence-electron chi connectivity index (χ1n) is 12.3. The van der Waals surface area contributed by atoms with Crippen molar-refractivity contribution in [2.24, 2.45) is 5.92 Å². The Morgan fingerprint density at radius 2 is 1.76 bits per heavy atom. The predicted octanol–water partition coefficient (Wildman–Crippen LogP) is 7.52. The molecule has 2 unspecified atom stereocenters. The number of hydrogen-bond donors (Lipinski definition) is 2. The lowest BCUT2D eigenvalue weighted by atomic mass is 10.0. The number of hydrogen-bond acceptors (Lipinski definition) is 5. The van der Waals surface area contributed by atoms with Gasteiger partial charge in [-0.3, -0.25) is 4.79 Å². The van der Waals surface area contributed by atoms with Gasteiger partial charge in [-0.2, -0.15) is 24.9 Å². The summed E-state index contributed by atoms with van der Waals surface area (Å²) in [6, 6.07) is 10.5. The number of nitrogens with one attached hydrogen (secondary N) is 1. The number of benzene rings is 3. The summed E-state index contributed by atoms with van der Waals surface area (Å²) in [6.45, 7) is 2.92. The second-order valence-electron chi connectivity index (χ2n) is 10.1. The molecule has 2 N–H and O–H groups in total. The van der Waals surface area contributed by atoms with Crippen LogP contribution in [0.1, 0.15) is 36.2 Å². The van der Waals surface area contributed by atoms with Crippen LogP contribution in [0.5, 0.6) is 5.75 Å². The zero-order chi connectivity index (χ0) is 30.2. The van der Waals surface area contributed by atoms with Crippen molar-refractivity contribution in [2.45, 2.75) is 54.0 Å². The van der Waals surface area contributed by atoms with E-state index in [0.717, 1.165) is 17.8 Å². The second kappa shape index (κ2) is 11.7. The van der Waals surface area contributed by atoms with Crippen LogP contribution < -0.4 is 10.1 Å². The van der Waals surface area contributed by atoms with E-state index >= 15 is 0 Å². The van der Waals surface area contributed by atoms with Gasteiger partial charge in [0, 0.05) is 33.1 Å². The zero-order valence-electron chi connectivity index (χ0n) is 21.7. The molecule has 0 aromatic heterocycles. The van der Waals surface area contributed by atoms with Gasteiger partial charge in [-0.1, -0.05) is 18.2 Å². The fourth-order valence-electron chi connectivity index (χ4n) is 4.14. The first kappa shape index (κ1) is 30.9. The molecule has 13 heteroatoms. The summed E-state index contributed by atoms with van der Waals surface area (Å²) in [6.07, 6.45) is -0.261. The van der Waals surface area contributed by atoms with Gasteiger partial charge in [0.15, 0.2) is 0 Å². The van der Waals surface area contributed by atoms with Gasteiger partial charge in [0.2, 0.25) is 0 Å². The summed E-state index contributed by atoms with van der Waals surface area (Å²) < 4.78 is 83.3. The Kier molecular flexibility index (Phi) is 8.79. The highest BCUT2D eigenvalue weighted by molar-refractivity contribution is 8.00. The minimum atomic E-state index is -4.44. The molecule has 0 spiro atoms. The highest BCUT2D eigenvalue weighted by Gasteiger charge is 2.57. The Labute approximate surface area is 240 Å². The number of carboxylic acids is 1. The molecule has 0 aliphatic heterocycles. The Morgan fingerprint density at radius 1 is 1.10 bits per heavy atom. The van der Waals surface area contributed by atoms with E-state index in [1.54, 1.807) is 13.8 Å². The molecule has 2 atom stereocenters. The maximum absolute atomic E-state index is 13.9. The van der Waals surface area contributed by atoms with Crippen LogP contribution in [0.3, 0.4) is 0 Å². The molecule has 5 nitrogen and oxygen atoms in total. The van der Waals surface area contributed by atoms with E-state index < -0.39 is 45.8 Å². The molecule has 0 radical (unpaired) electrons.